The molecule has 0 radical (unpaired) electrons. The molecule has 4 rings (SSSR count). The van der Waals surface area contributed by atoms with Crippen LogP contribution in [0.2, 0.25) is 0 Å². The van der Waals surface area contributed by atoms with Gasteiger partial charge in [0, 0.05) is 29.3 Å². The van der Waals surface area contributed by atoms with Crippen LogP contribution in [0.4, 0.5) is 11.4 Å². The largest absolute Gasteiger partial charge is 0.344 e. The molecule has 0 bridgehead atoms. The molecule has 1 nitrogen and oxygen atoms in total. The predicted octanol–water partition coefficient (Wildman–Crippen LogP) is 6.18. The van der Waals surface area contributed by atoms with E-state index in [4.69, 9.17) is 0 Å². The summed E-state index contributed by atoms with van der Waals surface area (Å²) >= 11 is 0. The Bertz CT molecular complexity index is 934. The lowest BCUT2D eigenvalue weighted by Crippen LogP contribution is -2.39. The molecule has 0 amide bonds. The van der Waals surface area contributed by atoms with Gasteiger partial charge in [-0.25, -0.2) is 0 Å². The monoisotopic (exact) mass is 315 g/mol. The first kappa shape index (κ1) is 15.3. The molecule has 3 aromatic carbocycles. The average molecular weight is 315 g/mol. The van der Waals surface area contributed by atoms with Crippen molar-refractivity contribution in [3.05, 3.63) is 71.8 Å². The molecule has 122 valence electrons. The summed E-state index contributed by atoms with van der Waals surface area (Å²) in [6.07, 6.45) is 0. The molecule has 1 heterocycles. The Morgan fingerprint density at radius 3 is 1.88 bits per heavy atom. The predicted molar refractivity (Wildman–Crippen MR) is 105 cm³/mol. The maximum absolute atomic E-state index is 2.40. The van der Waals surface area contributed by atoms with Crippen LogP contribution in [0.15, 0.2) is 60.7 Å². The first-order valence-electron chi connectivity index (χ1n) is 8.70. The number of benzene rings is 3. The minimum atomic E-state index is 0.0211. The van der Waals surface area contributed by atoms with Gasteiger partial charge < -0.3 is 4.90 Å². The van der Waals surface area contributed by atoms with E-state index in [2.05, 4.69) is 100 Å². The third-order valence-electron chi connectivity index (χ3n) is 6.40. The topological polar surface area (TPSA) is 3.24 Å². The van der Waals surface area contributed by atoms with Crippen LogP contribution in [0.5, 0.6) is 0 Å². The first-order valence-corrected chi connectivity index (χ1v) is 8.70. The smallest absolute Gasteiger partial charge is 0.0452 e. The number of hydrogen-bond acceptors (Lipinski definition) is 1. The molecule has 1 heteroatoms. The third-order valence-corrected chi connectivity index (χ3v) is 6.40. The fourth-order valence-electron chi connectivity index (χ4n) is 4.10. The zero-order valence-electron chi connectivity index (χ0n) is 15.2. The van der Waals surface area contributed by atoms with Crippen LogP contribution < -0.4 is 4.90 Å². The van der Waals surface area contributed by atoms with Crippen LogP contribution in [-0.4, -0.2) is 7.05 Å². The van der Waals surface area contributed by atoms with Crippen LogP contribution >= 0.6 is 0 Å². The quantitative estimate of drug-likeness (QED) is 0.479. The number of fused-ring (bicyclic) bond motifs is 3. The highest BCUT2D eigenvalue weighted by Gasteiger charge is 2.45. The number of anilines is 2. The van der Waals surface area contributed by atoms with Crippen LogP contribution in [0.25, 0.3) is 10.8 Å². The van der Waals surface area contributed by atoms with Gasteiger partial charge >= 0.3 is 0 Å². The molecule has 1 aliphatic rings. The minimum absolute atomic E-state index is 0.0211. The minimum Gasteiger partial charge on any atom is -0.344 e. The van der Waals surface area contributed by atoms with E-state index < -0.39 is 0 Å². The van der Waals surface area contributed by atoms with E-state index in [0.717, 1.165) is 0 Å². The highest BCUT2D eigenvalue weighted by atomic mass is 15.1. The lowest BCUT2D eigenvalue weighted by molar-refractivity contribution is 0.307. The van der Waals surface area contributed by atoms with Crippen molar-refractivity contribution in [2.24, 2.45) is 0 Å². The Kier molecular flexibility index (Phi) is 3.09. The molecule has 1 aliphatic heterocycles. The van der Waals surface area contributed by atoms with E-state index in [1.54, 1.807) is 0 Å². The van der Waals surface area contributed by atoms with Crippen molar-refractivity contribution in [2.75, 3.05) is 11.9 Å². The number of rotatable bonds is 0. The van der Waals surface area contributed by atoms with E-state index in [-0.39, 0.29) is 10.8 Å². The maximum Gasteiger partial charge on any atom is 0.0452 e. The Morgan fingerprint density at radius 2 is 1.17 bits per heavy atom. The molecular weight excluding hydrogens is 290 g/mol. The van der Waals surface area contributed by atoms with E-state index in [1.165, 1.54) is 33.3 Å². The van der Waals surface area contributed by atoms with Crippen molar-refractivity contribution < 1.29 is 0 Å². The number of hydrogen-bond donors (Lipinski definition) is 0. The second kappa shape index (κ2) is 4.86. The highest BCUT2D eigenvalue weighted by Crippen LogP contribution is 2.53. The second-order valence-corrected chi connectivity index (χ2v) is 8.04. The zero-order chi connectivity index (χ0) is 17.1. The average Bonchev–Trinajstić information content (AvgIpc) is 2.63. The van der Waals surface area contributed by atoms with Crippen molar-refractivity contribution in [3.63, 3.8) is 0 Å². The van der Waals surface area contributed by atoms with Crippen LogP contribution in [0.3, 0.4) is 0 Å². The molecule has 0 atom stereocenters. The van der Waals surface area contributed by atoms with Crippen LogP contribution in [-0.2, 0) is 10.8 Å². The molecule has 0 aliphatic carbocycles. The standard InChI is InChI=1S/C23H25N/c1-22(2)18-12-8-9-13-20(18)24(5)21-15-17-11-7-6-10-16(17)14-19(21)23(22,3)4/h6-15H,1-5H3. The molecule has 0 unspecified atom stereocenters. The van der Waals surface area contributed by atoms with E-state index in [1.807, 2.05) is 0 Å². The Balaban J connectivity index is 2.13. The summed E-state index contributed by atoms with van der Waals surface area (Å²) in [5, 5.41) is 2.62. The van der Waals surface area contributed by atoms with Gasteiger partial charge in [0.05, 0.1) is 0 Å². The van der Waals surface area contributed by atoms with Crippen LogP contribution in [0.1, 0.15) is 38.8 Å². The summed E-state index contributed by atoms with van der Waals surface area (Å²) in [6.45, 7) is 9.53. The van der Waals surface area contributed by atoms with Crippen molar-refractivity contribution in [1.29, 1.82) is 0 Å². The third kappa shape index (κ3) is 1.87. The van der Waals surface area contributed by atoms with Gasteiger partial charge in [0.1, 0.15) is 0 Å². The molecular formula is C23H25N. The van der Waals surface area contributed by atoms with Crippen LogP contribution in [0, 0.1) is 0 Å². The molecule has 0 aromatic heterocycles. The zero-order valence-corrected chi connectivity index (χ0v) is 15.2. The fourth-order valence-corrected chi connectivity index (χ4v) is 4.10. The molecule has 24 heavy (non-hydrogen) atoms. The van der Waals surface area contributed by atoms with Crippen molar-refractivity contribution in [3.8, 4) is 0 Å². The molecule has 3 aromatic rings. The van der Waals surface area contributed by atoms with Gasteiger partial charge in [-0.2, -0.15) is 0 Å². The fraction of sp³-hybridized carbons (Fsp3) is 0.304. The van der Waals surface area contributed by atoms with E-state index in [0.29, 0.717) is 0 Å². The van der Waals surface area contributed by atoms with Gasteiger partial charge in [-0.05, 0) is 40.1 Å². The number of nitrogens with zero attached hydrogens (tertiary/aromatic N) is 1. The number of para-hydroxylation sites is 1. The summed E-state index contributed by atoms with van der Waals surface area (Å²) in [5.74, 6) is 0. The van der Waals surface area contributed by atoms with Crippen molar-refractivity contribution in [2.45, 2.75) is 38.5 Å². The molecule has 0 fully saturated rings. The molecule has 0 saturated carbocycles. The van der Waals surface area contributed by atoms with Crippen molar-refractivity contribution >= 4 is 22.1 Å². The summed E-state index contributed by atoms with van der Waals surface area (Å²) < 4.78 is 0. The van der Waals surface area contributed by atoms with Gasteiger partial charge in [-0.1, -0.05) is 70.2 Å². The maximum atomic E-state index is 2.40. The van der Waals surface area contributed by atoms with Gasteiger partial charge in [-0.3, -0.25) is 0 Å². The summed E-state index contributed by atoms with van der Waals surface area (Å²) in [5.41, 5.74) is 5.52. The second-order valence-electron chi connectivity index (χ2n) is 8.04. The lowest BCUT2D eigenvalue weighted by atomic mass is 9.61. The molecule has 0 N–H and O–H groups in total. The normalized spacial score (nSPS) is 18.0. The van der Waals surface area contributed by atoms with Crippen molar-refractivity contribution in [1.82, 2.24) is 0 Å². The van der Waals surface area contributed by atoms with Gasteiger partial charge in [0.2, 0.25) is 0 Å². The lowest BCUT2D eigenvalue weighted by Gasteiger charge is -2.42. The van der Waals surface area contributed by atoms with Gasteiger partial charge in [-0.15, -0.1) is 0 Å². The Hall–Kier alpha value is -2.28. The van der Waals surface area contributed by atoms with Gasteiger partial charge in [0.25, 0.3) is 0 Å². The van der Waals surface area contributed by atoms with Gasteiger partial charge in [0.15, 0.2) is 0 Å². The summed E-state index contributed by atoms with van der Waals surface area (Å²) in [7, 11) is 2.20. The highest BCUT2D eigenvalue weighted by molar-refractivity contribution is 5.90. The summed E-state index contributed by atoms with van der Waals surface area (Å²) in [4.78, 5) is 2.37. The first-order chi connectivity index (χ1) is 11.3. The van der Waals surface area contributed by atoms with E-state index in [9.17, 15) is 0 Å². The van der Waals surface area contributed by atoms with E-state index >= 15 is 0 Å². The SMILES string of the molecule is CN1c2ccccc2C(C)(C)C(C)(C)c2cc3ccccc3cc21. The summed E-state index contributed by atoms with van der Waals surface area (Å²) in [6, 6.07) is 22.3. The Morgan fingerprint density at radius 1 is 0.625 bits per heavy atom. The Labute approximate surface area is 144 Å². The molecule has 0 saturated heterocycles. The molecule has 0 spiro atoms.